The van der Waals surface area contributed by atoms with Crippen LogP contribution in [0.25, 0.3) is 0 Å². The smallest absolute Gasteiger partial charge is 0.127 e. The Morgan fingerprint density at radius 3 is 3.12 bits per heavy atom. The Morgan fingerprint density at radius 1 is 1.59 bits per heavy atom. The van der Waals surface area contributed by atoms with Gasteiger partial charge in [-0.15, -0.1) is 0 Å². The molecule has 0 radical (unpaired) electrons. The molecule has 2 rings (SSSR count). The third kappa shape index (κ3) is 3.41. The zero-order valence-electron chi connectivity index (χ0n) is 9.88. The highest BCUT2D eigenvalue weighted by molar-refractivity contribution is 6.30. The van der Waals surface area contributed by atoms with Gasteiger partial charge in [0.1, 0.15) is 5.82 Å². The Kier molecular flexibility index (Phi) is 4.37. The number of hydrogen-bond acceptors (Lipinski definition) is 2. The molecule has 1 aromatic rings. The van der Waals surface area contributed by atoms with Crippen molar-refractivity contribution in [3.8, 4) is 0 Å². The van der Waals surface area contributed by atoms with Crippen LogP contribution in [0.5, 0.6) is 0 Å². The monoisotopic (exact) mass is 257 g/mol. The minimum Gasteiger partial charge on any atom is -0.381 e. The third-order valence-electron chi connectivity index (χ3n) is 3.29. The fourth-order valence-corrected chi connectivity index (χ4v) is 2.26. The lowest BCUT2D eigenvalue weighted by Gasteiger charge is -2.19. The van der Waals surface area contributed by atoms with E-state index < -0.39 is 0 Å². The van der Waals surface area contributed by atoms with E-state index in [1.54, 1.807) is 12.1 Å². The second kappa shape index (κ2) is 5.80. The molecule has 94 valence electrons. The molecule has 0 unspecified atom stereocenters. The van der Waals surface area contributed by atoms with Crippen molar-refractivity contribution >= 4 is 11.6 Å². The molecule has 1 fully saturated rings. The summed E-state index contributed by atoms with van der Waals surface area (Å²) in [4.78, 5) is 0. The first-order chi connectivity index (χ1) is 8.16. The molecule has 4 heteroatoms. The van der Waals surface area contributed by atoms with Gasteiger partial charge in [0.15, 0.2) is 0 Å². The molecular weight excluding hydrogens is 241 g/mol. The van der Waals surface area contributed by atoms with Crippen molar-refractivity contribution in [1.29, 1.82) is 0 Å². The van der Waals surface area contributed by atoms with Crippen molar-refractivity contribution < 1.29 is 9.13 Å². The Balaban J connectivity index is 1.90. The number of rotatable bonds is 4. The first-order valence-corrected chi connectivity index (χ1v) is 6.29. The van der Waals surface area contributed by atoms with Crippen molar-refractivity contribution in [3.05, 3.63) is 34.6 Å². The van der Waals surface area contributed by atoms with Gasteiger partial charge in [0.25, 0.3) is 0 Å². The maximum Gasteiger partial charge on any atom is 0.127 e. The van der Waals surface area contributed by atoms with Crippen LogP contribution >= 0.6 is 11.6 Å². The summed E-state index contributed by atoms with van der Waals surface area (Å²) in [6.45, 7) is 4.25. The summed E-state index contributed by atoms with van der Waals surface area (Å²) in [7, 11) is 0. The Hall–Kier alpha value is -0.640. The number of ether oxygens (including phenoxy) is 1. The molecular formula is C13H17ClFNO. The average molecular weight is 258 g/mol. The molecule has 1 heterocycles. The van der Waals surface area contributed by atoms with E-state index >= 15 is 0 Å². The molecule has 1 N–H and O–H groups in total. The molecule has 1 aliphatic heterocycles. The van der Waals surface area contributed by atoms with Crippen molar-refractivity contribution in [3.63, 3.8) is 0 Å². The van der Waals surface area contributed by atoms with E-state index in [9.17, 15) is 4.39 Å². The summed E-state index contributed by atoms with van der Waals surface area (Å²) in [5.74, 6) is 0.314. The van der Waals surface area contributed by atoms with Crippen LogP contribution in [0.4, 0.5) is 4.39 Å². The van der Waals surface area contributed by atoms with Gasteiger partial charge in [-0.25, -0.2) is 4.39 Å². The summed E-state index contributed by atoms with van der Waals surface area (Å²) in [5.41, 5.74) is 0.614. The molecule has 0 spiro atoms. The van der Waals surface area contributed by atoms with Crippen molar-refractivity contribution in [2.45, 2.75) is 25.9 Å². The predicted octanol–water partition coefficient (Wildman–Crippen LogP) is 2.99. The number of halogens is 2. The quantitative estimate of drug-likeness (QED) is 0.895. The Morgan fingerprint density at radius 2 is 2.41 bits per heavy atom. The van der Waals surface area contributed by atoms with Crippen LogP contribution in [-0.4, -0.2) is 19.3 Å². The molecule has 0 amide bonds. The molecule has 1 aliphatic rings. The molecule has 17 heavy (non-hydrogen) atoms. The highest BCUT2D eigenvalue weighted by Crippen LogP contribution is 2.18. The van der Waals surface area contributed by atoms with Gasteiger partial charge in [-0.05, 0) is 37.5 Å². The maximum atomic E-state index is 13.5. The van der Waals surface area contributed by atoms with Crippen LogP contribution in [0.15, 0.2) is 18.2 Å². The number of nitrogens with one attached hydrogen (secondary N) is 1. The normalized spacial score (nSPS) is 21.7. The van der Waals surface area contributed by atoms with E-state index in [-0.39, 0.29) is 5.82 Å². The van der Waals surface area contributed by atoms with E-state index in [0.29, 0.717) is 29.1 Å². The van der Waals surface area contributed by atoms with E-state index in [1.807, 2.05) is 0 Å². The molecule has 0 saturated carbocycles. The average Bonchev–Trinajstić information content (AvgIpc) is 2.83. The van der Waals surface area contributed by atoms with Crippen LogP contribution < -0.4 is 5.32 Å². The molecule has 2 nitrogen and oxygen atoms in total. The summed E-state index contributed by atoms with van der Waals surface area (Å²) in [6, 6.07) is 4.97. The summed E-state index contributed by atoms with van der Waals surface area (Å²) < 4.78 is 18.8. The zero-order chi connectivity index (χ0) is 12.3. The van der Waals surface area contributed by atoms with Crippen LogP contribution in [0.1, 0.15) is 18.9 Å². The lowest BCUT2D eigenvalue weighted by atomic mass is 10.0. The predicted molar refractivity (Wildman–Crippen MR) is 66.6 cm³/mol. The van der Waals surface area contributed by atoms with E-state index in [0.717, 1.165) is 19.6 Å². The van der Waals surface area contributed by atoms with Crippen LogP contribution in [0.3, 0.4) is 0 Å². The van der Waals surface area contributed by atoms with Gasteiger partial charge in [0.05, 0.1) is 6.61 Å². The van der Waals surface area contributed by atoms with Crippen molar-refractivity contribution in [2.24, 2.45) is 5.92 Å². The summed E-state index contributed by atoms with van der Waals surface area (Å²) >= 11 is 5.84. The van der Waals surface area contributed by atoms with Gasteiger partial charge in [-0.2, -0.15) is 0 Å². The van der Waals surface area contributed by atoms with E-state index in [2.05, 4.69) is 12.2 Å². The number of benzene rings is 1. The van der Waals surface area contributed by atoms with E-state index in [1.165, 1.54) is 6.07 Å². The molecule has 0 aliphatic carbocycles. The Labute approximate surface area is 106 Å². The molecule has 0 aromatic heterocycles. The largest absolute Gasteiger partial charge is 0.381 e. The molecule has 2 atom stereocenters. The molecule has 0 bridgehead atoms. The first-order valence-electron chi connectivity index (χ1n) is 5.92. The van der Waals surface area contributed by atoms with Gasteiger partial charge >= 0.3 is 0 Å². The lowest BCUT2D eigenvalue weighted by molar-refractivity contribution is 0.178. The van der Waals surface area contributed by atoms with Crippen molar-refractivity contribution in [2.75, 3.05) is 13.2 Å². The van der Waals surface area contributed by atoms with Crippen LogP contribution in [0, 0.1) is 11.7 Å². The highest BCUT2D eigenvalue weighted by Gasteiger charge is 2.21. The zero-order valence-corrected chi connectivity index (χ0v) is 10.6. The third-order valence-corrected chi connectivity index (χ3v) is 3.53. The molecule has 1 saturated heterocycles. The highest BCUT2D eigenvalue weighted by atomic mass is 35.5. The summed E-state index contributed by atoms with van der Waals surface area (Å²) in [6.07, 6.45) is 1.08. The molecule has 1 aromatic carbocycles. The van der Waals surface area contributed by atoms with E-state index in [4.69, 9.17) is 16.3 Å². The standard InChI is InChI=1S/C13H17ClFNO/c1-9(10-4-5-17-8-10)16-7-11-6-12(14)2-3-13(11)15/h2-3,6,9-10,16H,4-5,7-8H2,1H3/t9-,10+/m0/s1. The van der Waals surface area contributed by atoms with Crippen LogP contribution in [0.2, 0.25) is 5.02 Å². The van der Waals surface area contributed by atoms with Gasteiger partial charge in [-0.3, -0.25) is 0 Å². The topological polar surface area (TPSA) is 21.3 Å². The van der Waals surface area contributed by atoms with Crippen LogP contribution in [-0.2, 0) is 11.3 Å². The van der Waals surface area contributed by atoms with Crippen molar-refractivity contribution in [1.82, 2.24) is 5.32 Å². The number of hydrogen-bond donors (Lipinski definition) is 1. The van der Waals surface area contributed by atoms with Gasteiger partial charge in [0.2, 0.25) is 0 Å². The SMILES string of the molecule is C[C@H](NCc1cc(Cl)ccc1F)[C@@H]1CCOC1. The minimum atomic E-state index is -0.211. The van der Waals surface area contributed by atoms with Gasteiger partial charge in [0, 0.05) is 29.8 Å². The summed E-state index contributed by atoms with van der Waals surface area (Å²) in [5, 5.41) is 3.90. The lowest BCUT2D eigenvalue weighted by Crippen LogP contribution is -2.33. The first kappa shape index (κ1) is 12.8. The van der Waals surface area contributed by atoms with Gasteiger partial charge in [-0.1, -0.05) is 11.6 Å². The second-order valence-corrected chi connectivity index (χ2v) is 4.97. The minimum absolute atomic E-state index is 0.211. The maximum absolute atomic E-state index is 13.5. The fourth-order valence-electron chi connectivity index (χ4n) is 2.06. The fraction of sp³-hybridized carbons (Fsp3) is 0.538. The second-order valence-electron chi connectivity index (χ2n) is 4.53. The van der Waals surface area contributed by atoms with Gasteiger partial charge < -0.3 is 10.1 Å². The Bertz CT molecular complexity index is 380.